The predicted molar refractivity (Wildman–Crippen MR) is 122 cm³/mol. The van der Waals surface area contributed by atoms with E-state index in [4.69, 9.17) is 11.6 Å². The monoisotopic (exact) mass is 638 g/mol. The quantitative estimate of drug-likeness (QED) is 0.257. The van der Waals surface area contributed by atoms with Crippen molar-refractivity contribution in [3.63, 3.8) is 0 Å². The first-order valence-corrected chi connectivity index (χ1v) is 11.1. The molecule has 3 aromatic carbocycles. The van der Waals surface area contributed by atoms with Crippen molar-refractivity contribution in [2.75, 3.05) is 10.6 Å². The van der Waals surface area contributed by atoms with E-state index in [9.17, 15) is 57.9 Å². The van der Waals surface area contributed by atoms with E-state index in [0.29, 0.717) is 6.07 Å². The van der Waals surface area contributed by atoms with Gasteiger partial charge in [-0.2, -0.15) is 35.1 Å². The van der Waals surface area contributed by atoms with Crippen LogP contribution in [-0.4, -0.2) is 30.8 Å². The van der Waals surface area contributed by atoms with Crippen LogP contribution in [0.25, 0.3) is 0 Å². The van der Waals surface area contributed by atoms with E-state index in [1.807, 2.05) is 5.32 Å². The molecule has 0 radical (unpaired) electrons. The van der Waals surface area contributed by atoms with Crippen molar-refractivity contribution in [2.24, 2.45) is 0 Å². The fourth-order valence-corrected chi connectivity index (χ4v) is 3.69. The van der Waals surface area contributed by atoms with Crippen molar-refractivity contribution in [1.82, 2.24) is 0 Å². The molecule has 0 bridgehead atoms. The zero-order valence-electron chi connectivity index (χ0n) is 19.8. The summed E-state index contributed by atoms with van der Waals surface area (Å²) in [5.41, 5.74) is -12.4. The number of hydrogen-bond acceptors (Lipinski definition) is 3. The van der Waals surface area contributed by atoms with Gasteiger partial charge in [0.05, 0.1) is 21.8 Å². The Morgan fingerprint density at radius 3 is 1.83 bits per heavy atom. The number of carbonyl (C=O) groups is 2. The standard InChI is InChI=1S/C24H11ClF12N2O3/c25-12-7-9(22(31,23(32,33)34)24(35,36)37)8-15(42-21(29)30)18(12)39-20(41)11-4-2-6-14(17(11)28)38-19(40)10-3-1-5-13(26)16(10)27/h1-8,21H,(H,38,40)(H,39,41). The lowest BCUT2D eigenvalue weighted by Gasteiger charge is -2.31. The molecule has 42 heavy (non-hydrogen) atoms. The molecule has 0 aliphatic rings. The molecule has 3 aromatic rings. The summed E-state index contributed by atoms with van der Waals surface area (Å²) in [7, 11) is 0. The highest BCUT2D eigenvalue weighted by Crippen LogP contribution is 2.55. The first kappa shape index (κ1) is 32.4. The van der Waals surface area contributed by atoms with E-state index in [0.717, 1.165) is 30.3 Å². The fraction of sp³-hybridized carbons (Fsp3) is 0.167. The molecular formula is C24H11ClF12N2O3. The van der Waals surface area contributed by atoms with Crippen LogP contribution < -0.4 is 15.4 Å². The number of hydrogen-bond donors (Lipinski definition) is 2. The molecule has 0 unspecified atom stereocenters. The van der Waals surface area contributed by atoms with E-state index < -0.39 is 98.8 Å². The molecule has 18 heteroatoms. The number of benzene rings is 3. The molecule has 3 rings (SSSR count). The SMILES string of the molecule is O=C(Nc1cccc(C(=O)Nc2c(Cl)cc(C(F)(C(F)(F)F)C(F)(F)F)cc2OC(F)F)c1F)c1cccc(F)c1F. The van der Waals surface area contributed by atoms with E-state index in [1.165, 1.54) is 0 Å². The summed E-state index contributed by atoms with van der Waals surface area (Å²) in [6, 6.07) is 4.27. The summed E-state index contributed by atoms with van der Waals surface area (Å²) in [6.07, 6.45) is -13.3. The van der Waals surface area contributed by atoms with Gasteiger partial charge in [-0.3, -0.25) is 9.59 Å². The molecule has 2 N–H and O–H groups in total. The van der Waals surface area contributed by atoms with Crippen LogP contribution in [0.5, 0.6) is 5.75 Å². The van der Waals surface area contributed by atoms with Crippen LogP contribution in [0.1, 0.15) is 26.3 Å². The smallest absolute Gasteiger partial charge is 0.433 e. The van der Waals surface area contributed by atoms with Gasteiger partial charge in [0.2, 0.25) is 0 Å². The van der Waals surface area contributed by atoms with Gasteiger partial charge in [0, 0.05) is 5.56 Å². The van der Waals surface area contributed by atoms with Gasteiger partial charge in [-0.15, -0.1) is 0 Å². The lowest BCUT2D eigenvalue weighted by Crippen LogP contribution is -2.50. The largest absolute Gasteiger partial charge is 0.435 e. The summed E-state index contributed by atoms with van der Waals surface area (Å²) in [6.45, 7) is -3.95. The summed E-state index contributed by atoms with van der Waals surface area (Å²) >= 11 is 5.63. The second-order valence-corrected chi connectivity index (χ2v) is 8.45. The Balaban J connectivity index is 2.02. The number of anilines is 2. The first-order valence-electron chi connectivity index (χ1n) is 10.8. The molecule has 0 saturated carbocycles. The number of alkyl halides is 9. The van der Waals surface area contributed by atoms with Crippen LogP contribution in [0.2, 0.25) is 5.02 Å². The van der Waals surface area contributed by atoms with E-state index >= 15 is 4.39 Å². The minimum absolute atomic E-state index is 0.267. The van der Waals surface area contributed by atoms with Crippen molar-refractivity contribution < 1.29 is 67.0 Å². The molecule has 0 spiro atoms. The molecule has 0 fully saturated rings. The molecule has 226 valence electrons. The Labute approximate surface area is 231 Å². The third-order valence-electron chi connectivity index (χ3n) is 5.38. The summed E-state index contributed by atoms with van der Waals surface area (Å²) in [5, 5.41) is 2.14. The molecular weight excluding hydrogens is 628 g/mol. The highest BCUT2D eigenvalue weighted by Gasteiger charge is 2.73. The third-order valence-corrected chi connectivity index (χ3v) is 5.67. The van der Waals surface area contributed by atoms with Crippen LogP contribution in [0.3, 0.4) is 0 Å². The van der Waals surface area contributed by atoms with Crippen molar-refractivity contribution >= 4 is 34.8 Å². The Morgan fingerprint density at radius 1 is 0.762 bits per heavy atom. The molecule has 0 aliphatic carbocycles. The number of amides is 2. The van der Waals surface area contributed by atoms with Gasteiger partial charge in [0.15, 0.2) is 23.2 Å². The van der Waals surface area contributed by atoms with Crippen LogP contribution in [0.15, 0.2) is 48.5 Å². The average molecular weight is 639 g/mol. The van der Waals surface area contributed by atoms with Gasteiger partial charge in [0.1, 0.15) is 5.69 Å². The molecule has 5 nitrogen and oxygen atoms in total. The number of halogens is 13. The number of rotatable bonds is 7. The van der Waals surface area contributed by atoms with E-state index in [1.54, 1.807) is 5.32 Å². The highest BCUT2D eigenvalue weighted by atomic mass is 35.5. The molecule has 0 atom stereocenters. The van der Waals surface area contributed by atoms with Crippen LogP contribution in [0.4, 0.5) is 64.1 Å². The Kier molecular flexibility index (Phi) is 8.95. The number of nitrogens with one attached hydrogen (secondary N) is 2. The average Bonchev–Trinajstić information content (AvgIpc) is 2.86. The Bertz CT molecular complexity index is 1510. The van der Waals surface area contributed by atoms with Crippen LogP contribution >= 0.6 is 11.6 Å². The maximum atomic E-state index is 15.0. The lowest BCUT2D eigenvalue weighted by molar-refractivity contribution is -0.348. The maximum Gasteiger partial charge on any atom is 0.435 e. The van der Waals surface area contributed by atoms with Gasteiger partial charge in [0.25, 0.3) is 11.8 Å². The first-order chi connectivity index (χ1) is 19.3. The predicted octanol–water partition coefficient (Wildman–Crippen LogP) is 8.15. The van der Waals surface area contributed by atoms with Crippen molar-refractivity contribution in [3.05, 3.63) is 87.7 Å². The Morgan fingerprint density at radius 2 is 1.29 bits per heavy atom. The second-order valence-electron chi connectivity index (χ2n) is 8.04. The summed E-state index contributed by atoms with van der Waals surface area (Å²) in [5.74, 6) is -9.26. The second kappa shape index (κ2) is 11.6. The topological polar surface area (TPSA) is 67.4 Å². The highest BCUT2D eigenvalue weighted by molar-refractivity contribution is 6.34. The molecule has 0 saturated heterocycles. The summed E-state index contributed by atoms with van der Waals surface area (Å²) < 4.78 is 166. The van der Waals surface area contributed by atoms with Crippen molar-refractivity contribution in [2.45, 2.75) is 24.6 Å². The lowest BCUT2D eigenvalue weighted by atomic mass is 9.93. The van der Waals surface area contributed by atoms with Gasteiger partial charge in [-0.1, -0.05) is 23.7 Å². The van der Waals surface area contributed by atoms with E-state index in [-0.39, 0.29) is 6.07 Å². The molecule has 2 amide bonds. The van der Waals surface area contributed by atoms with Crippen LogP contribution in [-0.2, 0) is 5.67 Å². The zero-order chi connectivity index (χ0) is 31.8. The molecule has 0 aromatic heterocycles. The summed E-state index contributed by atoms with van der Waals surface area (Å²) in [4.78, 5) is 25.0. The normalized spacial score (nSPS) is 12.3. The zero-order valence-corrected chi connectivity index (χ0v) is 20.6. The van der Waals surface area contributed by atoms with E-state index in [2.05, 4.69) is 4.74 Å². The van der Waals surface area contributed by atoms with Gasteiger partial charge in [-0.25, -0.2) is 17.6 Å². The van der Waals surface area contributed by atoms with Crippen LogP contribution in [0, 0.1) is 17.5 Å². The van der Waals surface area contributed by atoms with Crippen molar-refractivity contribution in [1.29, 1.82) is 0 Å². The van der Waals surface area contributed by atoms with Gasteiger partial charge in [-0.05, 0) is 36.4 Å². The van der Waals surface area contributed by atoms with Crippen molar-refractivity contribution in [3.8, 4) is 5.75 Å². The number of ether oxygens (including phenoxy) is 1. The fourth-order valence-electron chi connectivity index (χ4n) is 3.43. The molecule has 0 aliphatic heterocycles. The maximum absolute atomic E-state index is 15.0. The minimum Gasteiger partial charge on any atom is -0.433 e. The van der Waals surface area contributed by atoms with Gasteiger partial charge >= 0.3 is 24.6 Å². The minimum atomic E-state index is -6.66. The number of carbonyl (C=O) groups excluding carboxylic acids is 2. The Hall–Kier alpha value is -4.15. The third kappa shape index (κ3) is 6.19. The van der Waals surface area contributed by atoms with Gasteiger partial charge < -0.3 is 15.4 Å². The molecule has 0 heterocycles.